The molecular weight excluding hydrogens is 266 g/mol. The maximum Gasteiger partial charge on any atom is 0.0664 e. The normalized spacial score (nSPS) is 19.2. The highest BCUT2D eigenvalue weighted by Crippen LogP contribution is 2.43. The van der Waals surface area contributed by atoms with Gasteiger partial charge in [-0.05, 0) is 49.4 Å². The van der Waals surface area contributed by atoms with E-state index < -0.39 is 0 Å². The van der Waals surface area contributed by atoms with Crippen LogP contribution in [0.15, 0.2) is 28.7 Å². The van der Waals surface area contributed by atoms with Gasteiger partial charge in [0.05, 0.1) is 12.1 Å². The molecule has 1 aromatic rings. The molecule has 16 heavy (non-hydrogen) atoms. The molecule has 1 aliphatic rings. The summed E-state index contributed by atoms with van der Waals surface area (Å²) >= 11 is 3.42. The summed E-state index contributed by atoms with van der Waals surface area (Å²) in [5, 5.41) is 13.1. The molecule has 2 N–H and O–H groups in total. The molecule has 0 aromatic heterocycles. The molecule has 0 amide bonds. The van der Waals surface area contributed by atoms with Crippen molar-refractivity contribution in [2.24, 2.45) is 5.92 Å². The third kappa shape index (κ3) is 2.41. The second kappa shape index (κ2) is 4.76. The van der Waals surface area contributed by atoms with Crippen molar-refractivity contribution < 1.29 is 5.11 Å². The van der Waals surface area contributed by atoms with Crippen molar-refractivity contribution in [1.82, 2.24) is 0 Å². The molecule has 3 heteroatoms. The minimum absolute atomic E-state index is 0.117. The summed E-state index contributed by atoms with van der Waals surface area (Å²) in [7, 11) is 0. The fourth-order valence-electron chi connectivity index (χ4n) is 2.22. The number of anilines is 1. The molecule has 2 rings (SSSR count). The van der Waals surface area contributed by atoms with E-state index in [2.05, 4.69) is 28.2 Å². The quantitative estimate of drug-likeness (QED) is 0.868. The average molecular weight is 284 g/mol. The van der Waals surface area contributed by atoms with Gasteiger partial charge in [-0.1, -0.05) is 22.9 Å². The van der Waals surface area contributed by atoms with Crippen LogP contribution in [0.3, 0.4) is 0 Å². The molecule has 88 valence electrons. The molecule has 0 saturated heterocycles. The highest BCUT2D eigenvalue weighted by atomic mass is 79.9. The molecule has 2 nitrogen and oxygen atoms in total. The fourth-order valence-corrected chi connectivity index (χ4v) is 2.48. The lowest BCUT2D eigenvalue weighted by Gasteiger charge is -2.33. The summed E-state index contributed by atoms with van der Waals surface area (Å²) in [4.78, 5) is 0. The molecule has 1 unspecified atom stereocenters. The third-order valence-electron chi connectivity index (χ3n) is 3.51. The highest BCUT2D eigenvalue weighted by molar-refractivity contribution is 9.10. The zero-order valence-electron chi connectivity index (χ0n) is 9.54. The second-order valence-electron chi connectivity index (χ2n) is 4.57. The molecule has 0 heterocycles. The Morgan fingerprint density at radius 3 is 2.44 bits per heavy atom. The van der Waals surface area contributed by atoms with E-state index in [-0.39, 0.29) is 12.1 Å². The molecule has 0 bridgehead atoms. The minimum Gasteiger partial charge on any atom is -0.394 e. The Morgan fingerprint density at radius 1 is 1.38 bits per heavy atom. The van der Waals surface area contributed by atoms with Crippen molar-refractivity contribution in [3.63, 3.8) is 0 Å². The number of aliphatic hydroxyl groups is 1. The monoisotopic (exact) mass is 283 g/mol. The summed E-state index contributed by atoms with van der Waals surface area (Å²) in [6.07, 6.45) is 3.43. The Morgan fingerprint density at radius 2 is 2.00 bits per heavy atom. The van der Waals surface area contributed by atoms with E-state index >= 15 is 0 Å². The fraction of sp³-hybridized carbons (Fsp3) is 0.538. The van der Waals surface area contributed by atoms with E-state index in [9.17, 15) is 5.11 Å². The molecular formula is C13H18BrNO. The summed E-state index contributed by atoms with van der Waals surface area (Å²) < 4.78 is 1.08. The predicted octanol–water partition coefficient (Wildman–Crippen LogP) is 3.41. The number of nitrogens with one attached hydrogen (secondary N) is 1. The van der Waals surface area contributed by atoms with Gasteiger partial charge in [-0.3, -0.25) is 0 Å². The minimum atomic E-state index is -0.117. The van der Waals surface area contributed by atoms with Crippen molar-refractivity contribution in [1.29, 1.82) is 0 Å². The zero-order chi connectivity index (χ0) is 11.6. The first-order valence-electron chi connectivity index (χ1n) is 5.85. The van der Waals surface area contributed by atoms with Gasteiger partial charge in [-0.2, -0.15) is 0 Å². The zero-order valence-corrected chi connectivity index (χ0v) is 11.1. The molecule has 0 aliphatic heterocycles. The van der Waals surface area contributed by atoms with Crippen LogP contribution in [0.1, 0.15) is 26.2 Å². The van der Waals surface area contributed by atoms with Crippen molar-refractivity contribution >= 4 is 21.6 Å². The lowest BCUT2D eigenvalue weighted by molar-refractivity contribution is 0.188. The largest absolute Gasteiger partial charge is 0.394 e. The SMILES string of the molecule is CCC(CO)(Nc1ccc(Br)cc1)C1CC1. The van der Waals surface area contributed by atoms with Gasteiger partial charge in [0.2, 0.25) is 0 Å². The molecule has 1 atom stereocenters. The molecule has 1 aromatic carbocycles. The van der Waals surface area contributed by atoms with E-state index in [1.807, 2.05) is 24.3 Å². The summed E-state index contributed by atoms with van der Waals surface area (Å²) in [5.41, 5.74) is 0.972. The Kier molecular flexibility index (Phi) is 3.55. The van der Waals surface area contributed by atoms with Crippen LogP contribution < -0.4 is 5.32 Å². The number of hydrogen-bond acceptors (Lipinski definition) is 2. The van der Waals surface area contributed by atoms with Gasteiger partial charge < -0.3 is 10.4 Å². The molecule has 1 fully saturated rings. The van der Waals surface area contributed by atoms with Crippen molar-refractivity contribution in [3.05, 3.63) is 28.7 Å². The predicted molar refractivity (Wildman–Crippen MR) is 70.6 cm³/mol. The van der Waals surface area contributed by atoms with Gasteiger partial charge >= 0.3 is 0 Å². The number of hydrogen-bond donors (Lipinski definition) is 2. The van der Waals surface area contributed by atoms with Gasteiger partial charge in [0, 0.05) is 10.2 Å². The van der Waals surface area contributed by atoms with Crippen LogP contribution in [0.2, 0.25) is 0 Å². The maximum atomic E-state index is 9.63. The van der Waals surface area contributed by atoms with E-state index in [1.54, 1.807) is 0 Å². The maximum absolute atomic E-state index is 9.63. The van der Waals surface area contributed by atoms with Crippen molar-refractivity contribution in [3.8, 4) is 0 Å². The first kappa shape index (κ1) is 11.9. The first-order valence-corrected chi connectivity index (χ1v) is 6.64. The summed E-state index contributed by atoms with van der Waals surface area (Å²) in [6.45, 7) is 2.35. The van der Waals surface area contributed by atoms with E-state index in [4.69, 9.17) is 0 Å². The van der Waals surface area contributed by atoms with Crippen LogP contribution in [-0.4, -0.2) is 17.3 Å². The lowest BCUT2D eigenvalue weighted by Crippen LogP contribution is -2.43. The molecule has 1 saturated carbocycles. The van der Waals surface area contributed by atoms with Crippen LogP contribution in [0, 0.1) is 5.92 Å². The Labute approximate surface area is 105 Å². The second-order valence-corrected chi connectivity index (χ2v) is 5.49. The number of benzene rings is 1. The summed E-state index contributed by atoms with van der Waals surface area (Å²) in [5.74, 6) is 0.631. The first-order chi connectivity index (χ1) is 7.70. The van der Waals surface area contributed by atoms with E-state index in [1.165, 1.54) is 12.8 Å². The third-order valence-corrected chi connectivity index (χ3v) is 4.04. The highest BCUT2D eigenvalue weighted by Gasteiger charge is 2.43. The van der Waals surface area contributed by atoms with E-state index in [0.29, 0.717) is 5.92 Å². The van der Waals surface area contributed by atoms with Crippen LogP contribution in [0.4, 0.5) is 5.69 Å². The number of aliphatic hydroxyl groups excluding tert-OH is 1. The van der Waals surface area contributed by atoms with Gasteiger partial charge in [-0.25, -0.2) is 0 Å². The molecule has 1 aliphatic carbocycles. The standard InChI is InChI=1S/C13H18BrNO/c1-2-13(9-16,10-3-4-10)15-12-7-5-11(14)6-8-12/h5-8,10,15-16H,2-4,9H2,1H3. The lowest BCUT2D eigenvalue weighted by atomic mass is 9.90. The average Bonchev–Trinajstić information content (AvgIpc) is 3.13. The topological polar surface area (TPSA) is 32.3 Å². The van der Waals surface area contributed by atoms with Crippen molar-refractivity contribution in [2.45, 2.75) is 31.7 Å². The number of rotatable bonds is 5. The van der Waals surface area contributed by atoms with Crippen LogP contribution in [0.5, 0.6) is 0 Å². The van der Waals surface area contributed by atoms with Gasteiger partial charge in [0.15, 0.2) is 0 Å². The Bertz CT molecular complexity index is 341. The van der Waals surface area contributed by atoms with Gasteiger partial charge in [-0.15, -0.1) is 0 Å². The van der Waals surface area contributed by atoms with Crippen LogP contribution in [0.25, 0.3) is 0 Å². The molecule has 0 radical (unpaired) electrons. The van der Waals surface area contributed by atoms with Crippen LogP contribution >= 0.6 is 15.9 Å². The van der Waals surface area contributed by atoms with Crippen LogP contribution in [-0.2, 0) is 0 Å². The molecule has 0 spiro atoms. The van der Waals surface area contributed by atoms with Crippen molar-refractivity contribution in [2.75, 3.05) is 11.9 Å². The van der Waals surface area contributed by atoms with Gasteiger partial charge in [0.1, 0.15) is 0 Å². The number of halogens is 1. The Balaban J connectivity index is 2.13. The smallest absolute Gasteiger partial charge is 0.0664 e. The Hall–Kier alpha value is -0.540. The van der Waals surface area contributed by atoms with E-state index in [0.717, 1.165) is 16.6 Å². The van der Waals surface area contributed by atoms with Gasteiger partial charge in [0.25, 0.3) is 0 Å². The summed E-state index contributed by atoms with van der Waals surface area (Å²) in [6, 6.07) is 8.14.